The second-order valence-corrected chi connectivity index (χ2v) is 12.7. The highest BCUT2D eigenvalue weighted by Gasteiger charge is 2.34. The van der Waals surface area contributed by atoms with Gasteiger partial charge in [0.15, 0.2) is 0 Å². The van der Waals surface area contributed by atoms with Gasteiger partial charge in [0.05, 0.1) is 17.7 Å². The van der Waals surface area contributed by atoms with Crippen LogP contribution in [0.25, 0.3) is 0 Å². The molecule has 8 nitrogen and oxygen atoms in total. The molecule has 0 unspecified atom stereocenters. The maximum atomic E-state index is 14.1. The standard InChI is InChI=1S/C32H38ClN3O5S/c1-3-30(32(38)34-26-13-7-8-14-26)35(21-20-24-10-5-4-6-11-24)31(37)23-36(27-15-9-12-25(33)22-27)42(39,40)29-18-16-28(41-2)17-19-29/h4-6,9-12,15-19,22,26,30H,3,7-8,13-14,20-21,23H2,1-2H3,(H,34,38)/t30-/m0/s1. The number of amides is 2. The van der Waals surface area contributed by atoms with E-state index in [0.29, 0.717) is 23.6 Å². The smallest absolute Gasteiger partial charge is 0.264 e. The second kappa shape index (κ2) is 14.6. The van der Waals surface area contributed by atoms with Crippen LogP contribution in [0.4, 0.5) is 5.69 Å². The molecule has 1 fully saturated rings. The molecule has 0 radical (unpaired) electrons. The van der Waals surface area contributed by atoms with E-state index in [1.165, 1.54) is 30.2 Å². The molecule has 0 bridgehead atoms. The van der Waals surface area contributed by atoms with E-state index >= 15 is 0 Å². The maximum Gasteiger partial charge on any atom is 0.264 e. The highest BCUT2D eigenvalue weighted by Crippen LogP contribution is 2.28. The van der Waals surface area contributed by atoms with E-state index in [1.807, 2.05) is 37.3 Å². The average Bonchev–Trinajstić information content (AvgIpc) is 3.51. The first kappa shape index (κ1) is 31.4. The molecule has 42 heavy (non-hydrogen) atoms. The summed E-state index contributed by atoms with van der Waals surface area (Å²) < 4.78 is 34.2. The van der Waals surface area contributed by atoms with Crippen LogP contribution in [0, 0.1) is 0 Å². The van der Waals surface area contributed by atoms with Gasteiger partial charge in [-0.25, -0.2) is 8.42 Å². The largest absolute Gasteiger partial charge is 0.497 e. The number of rotatable bonds is 13. The molecule has 224 valence electrons. The van der Waals surface area contributed by atoms with Gasteiger partial charge in [-0.2, -0.15) is 0 Å². The summed E-state index contributed by atoms with van der Waals surface area (Å²) in [4.78, 5) is 29.2. The van der Waals surface area contributed by atoms with Crippen molar-refractivity contribution in [3.8, 4) is 5.75 Å². The Bertz CT molecular complexity index is 1440. The van der Waals surface area contributed by atoms with Gasteiger partial charge < -0.3 is 15.0 Å². The fourth-order valence-corrected chi connectivity index (χ4v) is 6.89. The Balaban J connectivity index is 1.67. The molecule has 1 N–H and O–H groups in total. The quantitative estimate of drug-likeness (QED) is 0.277. The van der Waals surface area contributed by atoms with Gasteiger partial charge in [-0.05, 0) is 73.7 Å². The van der Waals surface area contributed by atoms with Crippen LogP contribution < -0.4 is 14.4 Å². The van der Waals surface area contributed by atoms with Crippen molar-refractivity contribution < 1.29 is 22.7 Å². The van der Waals surface area contributed by atoms with Gasteiger partial charge in [0.25, 0.3) is 10.0 Å². The van der Waals surface area contributed by atoms with Crippen molar-refractivity contribution in [3.05, 3.63) is 89.4 Å². The van der Waals surface area contributed by atoms with Crippen molar-refractivity contribution in [2.75, 3.05) is 24.5 Å². The number of sulfonamides is 1. The lowest BCUT2D eigenvalue weighted by atomic mass is 10.1. The molecule has 1 aliphatic rings. The van der Waals surface area contributed by atoms with Crippen LogP contribution in [-0.4, -0.2) is 57.4 Å². The van der Waals surface area contributed by atoms with Crippen molar-refractivity contribution in [2.45, 2.75) is 62.4 Å². The Morgan fingerprint density at radius 1 is 1.00 bits per heavy atom. The third-order valence-corrected chi connectivity index (χ3v) is 9.62. The van der Waals surface area contributed by atoms with Gasteiger partial charge in [0, 0.05) is 17.6 Å². The first-order chi connectivity index (χ1) is 20.2. The molecule has 10 heteroatoms. The van der Waals surface area contributed by atoms with Crippen LogP contribution in [0.3, 0.4) is 0 Å². The molecule has 0 heterocycles. The van der Waals surface area contributed by atoms with E-state index in [-0.39, 0.29) is 29.1 Å². The molecule has 0 saturated heterocycles. The molecule has 1 atom stereocenters. The summed E-state index contributed by atoms with van der Waals surface area (Å²) in [7, 11) is -2.69. The van der Waals surface area contributed by atoms with Crippen molar-refractivity contribution in [1.29, 1.82) is 0 Å². The van der Waals surface area contributed by atoms with Gasteiger partial charge in [0.2, 0.25) is 11.8 Å². The van der Waals surface area contributed by atoms with Crippen LogP contribution in [0.5, 0.6) is 5.75 Å². The molecular weight excluding hydrogens is 574 g/mol. The second-order valence-electron chi connectivity index (χ2n) is 10.4. The summed E-state index contributed by atoms with van der Waals surface area (Å²) in [5.74, 6) is -0.181. The predicted molar refractivity (Wildman–Crippen MR) is 165 cm³/mol. The van der Waals surface area contributed by atoms with E-state index in [1.54, 1.807) is 30.3 Å². The van der Waals surface area contributed by atoms with Crippen LogP contribution in [0.15, 0.2) is 83.8 Å². The van der Waals surface area contributed by atoms with Gasteiger partial charge in [-0.1, -0.05) is 67.8 Å². The number of carbonyl (C=O) groups excluding carboxylic acids is 2. The lowest BCUT2D eigenvalue weighted by Crippen LogP contribution is -2.54. The first-order valence-electron chi connectivity index (χ1n) is 14.3. The third-order valence-electron chi connectivity index (χ3n) is 7.59. The van der Waals surface area contributed by atoms with Gasteiger partial charge in [0.1, 0.15) is 18.3 Å². The number of anilines is 1. The SMILES string of the molecule is CC[C@@H](C(=O)NC1CCCC1)N(CCc1ccccc1)C(=O)CN(c1cccc(Cl)c1)S(=O)(=O)c1ccc(OC)cc1. The molecule has 3 aromatic rings. The fourth-order valence-electron chi connectivity index (χ4n) is 5.30. The Hall–Kier alpha value is -3.56. The molecular formula is C32H38ClN3O5S. The Labute approximate surface area is 253 Å². The number of halogens is 1. The number of benzene rings is 3. The first-order valence-corrected chi connectivity index (χ1v) is 16.1. The number of methoxy groups -OCH3 is 1. The van der Waals surface area contributed by atoms with Gasteiger partial charge >= 0.3 is 0 Å². The van der Waals surface area contributed by atoms with E-state index in [9.17, 15) is 18.0 Å². The number of carbonyl (C=O) groups is 2. The van der Waals surface area contributed by atoms with E-state index in [0.717, 1.165) is 35.6 Å². The molecule has 2 amide bonds. The summed E-state index contributed by atoms with van der Waals surface area (Å²) in [6.45, 7) is 1.62. The highest BCUT2D eigenvalue weighted by molar-refractivity contribution is 7.92. The Kier molecular flexibility index (Phi) is 10.9. The number of hydrogen-bond acceptors (Lipinski definition) is 5. The summed E-state index contributed by atoms with van der Waals surface area (Å²) in [5, 5.41) is 3.46. The van der Waals surface area contributed by atoms with Crippen LogP contribution in [0.2, 0.25) is 5.02 Å². The maximum absolute atomic E-state index is 14.1. The molecule has 4 rings (SSSR count). The summed E-state index contributed by atoms with van der Waals surface area (Å²) in [6.07, 6.45) is 4.88. The normalized spacial score (nSPS) is 14.3. The monoisotopic (exact) mass is 611 g/mol. The third kappa shape index (κ3) is 7.83. The minimum absolute atomic E-state index is 0.00192. The van der Waals surface area contributed by atoms with E-state index in [2.05, 4.69) is 5.32 Å². The zero-order chi connectivity index (χ0) is 30.1. The summed E-state index contributed by atoms with van der Waals surface area (Å²) >= 11 is 6.25. The van der Waals surface area contributed by atoms with Crippen molar-refractivity contribution in [2.24, 2.45) is 0 Å². The number of nitrogens with one attached hydrogen (secondary N) is 1. The highest BCUT2D eigenvalue weighted by atomic mass is 35.5. The minimum atomic E-state index is -4.19. The Morgan fingerprint density at radius 3 is 2.31 bits per heavy atom. The average molecular weight is 612 g/mol. The molecule has 3 aromatic carbocycles. The molecule has 0 aromatic heterocycles. The van der Waals surface area contributed by atoms with Gasteiger partial charge in [-0.3, -0.25) is 13.9 Å². The number of hydrogen-bond donors (Lipinski definition) is 1. The molecule has 1 aliphatic carbocycles. The topological polar surface area (TPSA) is 96.0 Å². The zero-order valence-corrected chi connectivity index (χ0v) is 25.6. The molecule has 0 spiro atoms. The van der Waals surface area contributed by atoms with Crippen molar-refractivity contribution in [3.63, 3.8) is 0 Å². The van der Waals surface area contributed by atoms with E-state index in [4.69, 9.17) is 16.3 Å². The lowest BCUT2D eigenvalue weighted by molar-refractivity contribution is -0.139. The van der Waals surface area contributed by atoms with Crippen LogP contribution in [-0.2, 0) is 26.0 Å². The minimum Gasteiger partial charge on any atom is -0.497 e. The van der Waals surface area contributed by atoms with Crippen LogP contribution >= 0.6 is 11.6 Å². The van der Waals surface area contributed by atoms with Crippen molar-refractivity contribution in [1.82, 2.24) is 10.2 Å². The lowest BCUT2D eigenvalue weighted by Gasteiger charge is -2.33. The Morgan fingerprint density at radius 2 is 1.69 bits per heavy atom. The van der Waals surface area contributed by atoms with Gasteiger partial charge in [-0.15, -0.1) is 0 Å². The zero-order valence-electron chi connectivity index (χ0n) is 24.0. The van der Waals surface area contributed by atoms with E-state index < -0.39 is 28.5 Å². The van der Waals surface area contributed by atoms with Crippen molar-refractivity contribution >= 4 is 39.1 Å². The number of nitrogens with zero attached hydrogens (tertiary/aromatic N) is 2. The predicted octanol–water partition coefficient (Wildman–Crippen LogP) is 5.45. The summed E-state index contributed by atoms with van der Waals surface area (Å²) in [5.41, 5.74) is 1.26. The fraction of sp³-hybridized carbons (Fsp3) is 0.375. The molecule has 0 aliphatic heterocycles. The number of ether oxygens (including phenoxy) is 1. The summed E-state index contributed by atoms with van der Waals surface area (Å²) in [6, 6.07) is 21.4. The molecule has 1 saturated carbocycles. The van der Waals surface area contributed by atoms with Crippen LogP contribution in [0.1, 0.15) is 44.6 Å².